The Hall–Kier alpha value is -2.21. The fourth-order valence-corrected chi connectivity index (χ4v) is 1.94. The largest absolute Gasteiger partial charge is 0.352 e. The quantitative estimate of drug-likeness (QED) is 0.616. The zero-order valence-corrected chi connectivity index (χ0v) is 11.9. The molecule has 20 heavy (non-hydrogen) atoms. The molecule has 0 aliphatic rings. The Morgan fingerprint density at radius 2 is 1.95 bits per heavy atom. The minimum atomic E-state index is 0.639. The molecule has 0 aromatic carbocycles. The van der Waals surface area contributed by atoms with Gasteiger partial charge in [0.05, 0.1) is 0 Å². The third-order valence-corrected chi connectivity index (χ3v) is 3.05. The van der Waals surface area contributed by atoms with E-state index in [1.165, 1.54) is 5.56 Å². The van der Waals surface area contributed by atoms with Crippen LogP contribution in [0.15, 0.2) is 30.6 Å². The van der Waals surface area contributed by atoms with Crippen LogP contribution in [0.3, 0.4) is 0 Å². The van der Waals surface area contributed by atoms with Gasteiger partial charge >= 0.3 is 0 Å². The van der Waals surface area contributed by atoms with Crippen molar-refractivity contribution in [2.24, 2.45) is 5.84 Å². The van der Waals surface area contributed by atoms with E-state index in [2.05, 4.69) is 32.2 Å². The van der Waals surface area contributed by atoms with Crippen molar-refractivity contribution in [2.45, 2.75) is 26.8 Å². The number of hydrogen-bond acceptors (Lipinski definition) is 6. The van der Waals surface area contributed by atoms with Crippen LogP contribution >= 0.6 is 0 Å². The number of aryl methyl sites for hydroxylation is 1. The average Bonchev–Trinajstić information content (AvgIpc) is 2.53. The first-order chi connectivity index (χ1) is 9.76. The minimum Gasteiger partial charge on any atom is -0.352 e. The number of nitrogen functional groups attached to an aromatic ring is 1. The minimum absolute atomic E-state index is 0.639. The lowest BCUT2D eigenvalue weighted by Gasteiger charge is -2.23. The molecule has 0 radical (unpaired) electrons. The Bertz CT molecular complexity index is 520. The first-order valence-corrected chi connectivity index (χ1v) is 6.75. The van der Waals surface area contributed by atoms with Crippen molar-refractivity contribution < 1.29 is 0 Å². The van der Waals surface area contributed by atoms with Crippen molar-refractivity contribution >= 4 is 11.6 Å². The lowest BCUT2D eigenvalue weighted by atomic mass is 10.2. The Labute approximate surface area is 119 Å². The summed E-state index contributed by atoms with van der Waals surface area (Å²) < 4.78 is 0. The van der Waals surface area contributed by atoms with Crippen molar-refractivity contribution in [3.05, 3.63) is 42.0 Å². The molecule has 0 aliphatic heterocycles. The molecule has 0 unspecified atom stereocenters. The number of nitrogens with zero attached hydrogens (tertiary/aromatic N) is 4. The SMILES string of the molecule is CCc1nc(NN)cc(N(CC)Cc2ccncc2)n1. The summed E-state index contributed by atoms with van der Waals surface area (Å²) in [6.45, 7) is 5.76. The third-order valence-electron chi connectivity index (χ3n) is 3.05. The zero-order valence-electron chi connectivity index (χ0n) is 11.9. The van der Waals surface area contributed by atoms with Crippen LogP contribution in [0.5, 0.6) is 0 Å². The first kappa shape index (κ1) is 14.2. The Morgan fingerprint density at radius 3 is 2.55 bits per heavy atom. The highest BCUT2D eigenvalue weighted by Crippen LogP contribution is 2.18. The molecule has 0 amide bonds. The number of nitrogens with two attached hydrogens (primary N) is 1. The Morgan fingerprint density at radius 1 is 1.20 bits per heavy atom. The van der Waals surface area contributed by atoms with E-state index in [1.54, 1.807) is 12.4 Å². The van der Waals surface area contributed by atoms with Crippen LogP contribution < -0.4 is 16.2 Å². The van der Waals surface area contributed by atoms with E-state index in [4.69, 9.17) is 5.84 Å². The van der Waals surface area contributed by atoms with Crippen LogP contribution in [0.1, 0.15) is 25.2 Å². The molecule has 106 valence electrons. The highest BCUT2D eigenvalue weighted by atomic mass is 15.3. The highest BCUT2D eigenvalue weighted by Gasteiger charge is 2.10. The molecule has 0 saturated carbocycles. The van der Waals surface area contributed by atoms with Gasteiger partial charge in [-0.25, -0.2) is 15.8 Å². The fourth-order valence-electron chi connectivity index (χ4n) is 1.94. The number of aromatic nitrogens is 3. The molecule has 0 atom stereocenters. The summed E-state index contributed by atoms with van der Waals surface area (Å²) in [5.41, 5.74) is 3.79. The highest BCUT2D eigenvalue weighted by molar-refractivity contribution is 5.49. The van der Waals surface area contributed by atoms with Crippen LogP contribution in [0.2, 0.25) is 0 Å². The van der Waals surface area contributed by atoms with Gasteiger partial charge in [0.25, 0.3) is 0 Å². The molecule has 0 bridgehead atoms. The van der Waals surface area contributed by atoms with Crippen LogP contribution in [-0.2, 0) is 13.0 Å². The van der Waals surface area contributed by atoms with Gasteiger partial charge in [-0.1, -0.05) is 6.92 Å². The van der Waals surface area contributed by atoms with E-state index >= 15 is 0 Å². The van der Waals surface area contributed by atoms with Gasteiger partial charge in [-0.3, -0.25) is 4.98 Å². The standard InChI is InChI=1S/C14H20N6/c1-3-12-17-13(19-15)9-14(18-12)20(4-2)10-11-5-7-16-8-6-11/h5-9H,3-4,10,15H2,1-2H3,(H,17,18,19). The molecule has 2 aromatic heterocycles. The lowest BCUT2D eigenvalue weighted by molar-refractivity contribution is 0.796. The summed E-state index contributed by atoms with van der Waals surface area (Å²) in [4.78, 5) is 15.1. The molecular weight excluding hydrogens is 252 g/mol. The second-order valence-corrected chi connectivity index (χ2v) is 4.40. The smallest absolute Gasteiger partial charge is 0.145 e. The monoisotopic (exact) mass is 272 g/mol. The first-order valence-electron chi connectivity index (χ1n) is 6.75. The molecule has 2 heterocycles. The summed E-state index contributed by atoms with van der Waals surface area (Å²) in [5.74, 6) is 7.77. The van der Waals surface area contributed by atoms with Crippen LogP contribution in [-0.4, -0.2) is 21.5 Å². The second-order valence-electron chi connectivity index (χ2n) is 4.40. The lowest BCUT2D eigenvalue weighted by Crippen LogP contribution is -2.24. The Kier molecular flexibility index (Phi) is 4.84. The summed E-state index contributed by atoms with van der Waals surface area (Å²) in [6.07, 6.45) is 4.37. The summed E-state index contributed by atoms with van der Waals surface area (Å²) in [5, 5.41) is 0. The third kappa shape index (κ3) is 3.42. The molecule has 0 spiro atoms. The zero-order chi connectivity index (χ0) is 14.4. The van der Waals surface area contributed by atoms with Gasteiger partial charge in [0.15, 0.2) is 0 Å². The van der Waals surface area contributed by atoms with E-state index in [1.807, 2.05) is 25.1 Å². The predicted octanol–water partition coefficient (Wildman–Crippen LogP) is 1.75. The molecule has 2 aromatic rings. The predicted molar refractivity (Wildman–Crippen MR) is 80.2 cm³/mol. The molecule has 2 rings (SSSR count). The maximum absolute atomic E-state index is 5.47. The average molecular weight is 272 g/mol. The van der Waals surface area contributed by atoms with E-state index in [0.717, 1.165) is 31.2 Å². The summed E-state index contributed by atoms with van der Waals surface area (Å²) >= 11 is 0. The van der Waals surface area contributed by atoms with Crippen molar-refractivity contribution in [3.63, 3.8) is 0 Å². The number of rotatable bonds is 6. The summed E-state index contributed by atoms with van der Waals surface area (Å²) in [6, 6.07) is 5.88. The van der Waals surface area contributed by atoms with Gasteiger partial charge < -0.3 is 10.3 Å². The van der Waals surface area contributed by atoms with Gasteiger partial charge in [-0.05, 0) is 24.6 Å². The van der Waals surface area contributed by atoms with Gasteiger partial charge in [0.2, 0.25) is 0 Å². The fraction of sp³-hybridized carbons (Fsp3) is 0.357. The van der Waals surface area contributed by atoms with Crippen molar-refractivity contribution in [3.8, 4) is 0 Å². The van der Waals surface area contributed by atoms with Gasteiger partial charge in [0.1, 0.15) is 17.5 Å². The molecular formula is C14H20N6. The van der Waals surface area contributed by atoms with Crippen molar-refractivity contribution in [2.75, 3.05) is 16.9 Å². The van der Waals surface area contributed by atoms with Gasteiger partial charge in [-0.2, -0.15) is 0 Å². The Balaban J connectivity index is 2.26. The molecule has 6 heteroatoms. The molecule has 0 saturated heterocycles. The normalized spacial score (nSPS) is 10.3. The topological polar surface area (TPSA) is 80.0 Å². The number of anilines is 2. The van der Waals surface area contributed by atoms with Crippen LogP contribution in [0.25, 0.3) is 0 Å². The number of hydrogen-bond donors (Lipinski definition) is 2. The maximum atomic E-state index is 5.47. The van der Waals surface area contributed by atoms with Crippen LogP contribution in [0.4, 0.5) is 11.6 Å². The van der Waals surface area contributed by atoms with Crippen LogP contribution in [0, 0.1) is 0 Å². The molecule has 3 N–H and O–H groups in total. The molecule has 6 nitrogen and oxygen atoms in total. The van der Waals surface area contributed by atoms with E-state index in [0.29, 0.717) is 5.82 Å². The number of nitrogens with one attached hydrogen (secondary N) is 1. The molecule has 0 fully saturated rings. The van der Waals surface area contributed by atoms with Gasteiger partial charge in [0, 0.05) is 38.0 Å². The van der Waals surface area contributed by atoms with Crippen molar-refractivity contribution in [1.29, 1.82) is 0 Å². The second kappa shape index (κ2) is 6.81. The van der Waals surface area contributed by atoms with E-state index in [9.17, 15) is 0 Å². The number of pyridine rings is 1. The van der Waals surface area contributed by atoms with Gasteiger partial charge in [-0.15, -0.1) is 0 Å². The molecule has 0 aliphatic carbocycles. The van der Waals surface area contributed by atoms with E-state index < -0.39 is 0 Å². The summed E-state index contributed by atoms with van der Waals surface area (Å²) in [7, 11) is 0. The number of hydrazine groups is 1. The van der Waals surface area contributed by atoms with Crippen molar-refractivity contribution in [1.82, 2.24) is 15.0 Å². The maximum Gasteiger partial charge on any atom is 0.145 e. The van der Waals surface area contributed by atoms with E-state index in [-0.39, 0.29) is 0 Å².